The van der Waals surface area contributed by atoms with Crippen molar-refractivity contribution in [3.63, 3.8) is 0 Å². The van der Waals surface area contributed by atoms with Gasteiger partial charge in [0.25, 0.3) is 0 Å². The van der Waals surface area contributed by atoms with E-state index in [2.05, 4.69) is 28.7 Å². The van der Waals surface area contributed by atoms with Gasteiger partial charge in [-0.25, -0.2) is 4.98 Å². The standard InChI is InChI=1S/C16H24N4O2/c1-11(2)9-13-15(21)18-6-8-20(13)16(22)12-3-4-14-17-5-7-19(14)10-12/h5,7,11-13H,3-4,6,8-10H2,1-2H3,(H,18,21)/t12-,13-/m0/s1. The maximum Gasteiger partial charge on any atom is 0.242 e. The molecule has 2 aliphatic rings. The number of nitrogens with one attached hydrogen (secondary N) is 1. The molecule has 0 radical (unpaired) electrons. The summed E-state index contributed by atoms with van der Waals surface area (Å²) in [5, 5.41) is 2.89. The molecule has 6 heteroatoms. The molecule has 0 unspecified atom stereocenters. The molecule has 2 amide bonds. The third-order valence-electron chi connectivity index (χ3n) is 4.59. The molecular weight excluding hydrogens is 280 g/mol. The van der Waals surface area contributed by atoms with Gasteiger partial charge >= 0.3 is 0 Å². The van der Waals surface area contributed by atoms with Gasteiger partial charge in [0, 0.05) is 38.4 Å². The van der Waals surface area contributed by atoms with Crippen LogP contribution in [0.3, 0.4) is 0 Å². The van der Waals surface area contributed by atoms with Crippen LogP contribution >= 0.6 is 0 Å². The van der Waals surface area contributed by atoms with Crippen molar-refractivity contribution in [2.24, 2.45) is 11.8 Å². The molecule has 0 bridgehead atoms. The number of carbonyl (C=O) groups excluding carboxylic acids is 2. The minimum atomic E-state index is -0.314. The number of hydrogen-bond donors (Lipinski definition) is 1. The fourth-order valence-electron chi connectivity index (χ4n) is 3.46. The minimum absolute atomic E-state index is 0.00701. The second-order valence-corrected chi connectivity index (χ2v) is 6.70. The van der Waals surface area contributed by atoms with Gasteiger partial charge in [0.2, 0.25) is 11.8 Å². The Morgan fingerprint density at radius 3 is 3.09 bits per heavy atom. The van der Waals surface area contributed by atoms with Crippen molar-refractivity contribution >= 4 is 11.8 Å². The summed E-state index contributed by atoms with van der Waals surface area (Å²) >= 11 is 0. The molecule has 22 heavy (non-hydrogen) atoms. The Morgan fingerprint density at radius 1 is 1.50 bits per heavy atom. The lowest BCUT2D eigenvalue weighted by molar-refractivity contribution is -0.147. The fraction of sp³-hybridized carbons (Fsp3) is 0.688. The van der Waals surface area contributed by atoms with E-state index < -0.39 is 0 Å². The normalized spacial score (nSPS) is 25.0. The van der Waals surface area contributed by atoms with Crippen molar-refractivity contribution in [3.05, 3.63) is 18.2 Å². The van der Waals surface area contributed by atoms with Crippen molar-refractivity contribution in [2.75, 3.05) is 13.1 Å². The zero-order valence-electron chi connectivity index (χ0n) is 13.3. The molecule has 2 atom stereocenters. The molecule has 0 aromatic carbocycles. The van der Waals surface area contributed by atoms with Crippen LogP contribution in [0.2, 0.25) is 0 Å². The number of nitrogens with zero attached hydrogens (tertiary/aromatic N) is 3. The number of piperazine rings is 1. The number of aromatic nitrogens is 2. The number of aryl methyl sites for hydroxylation is 1. The third-order valence-corrected chi connectivity index (χ3v) is 4.59. The van der Waals surface area contributed by atoms with Gasteiger partial charge in [0.15, 0.2) is 0 Å². The first-order chi connectivity index (χ1) is 10.6. The molecule has 3 rings (SSSR count). The molecule has 1 aromatic heterocycles. The quantitative estimate of drug-likeness (QED) is 0.899. The van der Waals surface area contributed by atoms with Gasteiger partial charge in [-0.3, -0.25) is 9.59 Å². The lowest BCUT2D eigenvalue weighted by Gasteiger charge is -2.38. The lowest BCUT2D eigenvalue weighted by Crippen LogP contribution is -2.59. The van der Waals surface area contributed by atoms with E-state index in [4.69, 9.17) is 0 Å². The van der Waals surface area contributed by atoms with Gasteiger partial charge in [-0.2, -0.15) is 0 Å². The molecule has 1 N–H and O–H groups in total. The number of hydrogen-bond acceptors (Lipinski definition) is 3. The van der Waals surface area contributed by atoms with Crippen LogP contribution in [0.1, 0.15) is 32.5 Å². The van der Waals surface area contributed by atoms with Crippen molar-refractivity contribution < 1.29 is 9.59 Å². The fourth-order valence-corrected chi connectivity index (χ4v) is 3.46. The molecule has 1 saturated heterocycles. The Balaban J connectivity index is 1.74. The molecule has 1 aromatic rings. The number of rotatable bonds is 3. The highest BCUT2D eigenvalue weighted by molar-refractivity contribution is 5.89. The summed E-state index contributed by atoms with van der Waals surface area (Å²) in [7, 11) is 0. The van der Waals surface area contributed by atoms with E-state index >= 15 is 0 Å². The molecular formula is C16H24N4O2. The third kappa shape index (κ3) is 2.87. The lowest BCUT2D eigenvalue weighted by atomic mass is 9.94. The Bertz CT molecular complexity index is 566. The predicted molar refractivity (Wildman–Crippen MR) is 82.0 cm³/mol. The van der Waals surface area contributed by atoms with Crippen LogP contribution in [0.25, 0.3) is 0 Å². The SMILES string of the molecule is CC(C)C[C@H]1C(=O)NCCN1C(=O)[C@H]1CCc2nccn2C1. The molecule has 6 nitrogen and oxygen atoms in total. The highest BCUT2D eigenvalue weighted by Crippen LogP contribution is 2.24. The molecule has 0 saturated carbocycles. The van der Waals surface area contributed by atoms with Crippen LogP contribution in [-0.2, 0) is 22.6 Å². The van der Waals surface area contributed by atoms with Crippen LogP contribution < -0.4 is 5.32 Å². The summed E-state index contributed by atoms with van der Waals surface area (Å²) < 4.78 is 2.06. The van der Waals surface area contributed by atoms with Gasteiger partial charge < -0.3 is 14.8 Å². The summed E-state index contributed by atoms with van der Waals surface area (Å²) in [5.41, 5.74) is 0. The maximum atomic E-state index is 12.9. The average Bonchev–Trinajstić information content (AvgIpc) is 2.95. The monoisotopic (exact) mass is 304 g/mol. The molecule has 0 aliphatic carbocycles. The van der Waals surface area contributed by atoms with Gasteiger partial charge in [0.05, 0.1) is 5.92 Å². The van der Waals surface area contributed by atoms with Gasteiger partial charge in [-0.1, -0.05) is 13.8 Å². The van der Waals surface area contributed by atoms with Crippen molar-refractivity contribution in [1.29, 1.82) is 0 Å². The smallest absolute Gasteiger partial charge is 0.242 e. The van der Waals surface area contributed by atoms with Crippen molar-refractivity contribution in [2.45, 2.75) is 45.7 Å². The van der Waals surface area contributed by atoms with Crippen LogP contribution in [0.4, 0.5) is 0 Å². The van der Waals surface area contributed by atoms with E-state index in [0.717, 1.165) is 25.1 Å². The van der Waals surface area contributed by atoms with Gasteiger partial charge in [-0.05, 0) is 18.8 Å². The van der Waals surface area contributed by atoms with Crippen LogP contribution in [-0.4, -0.2) is 45.4 Å². The highest BCUT2D eigenvalue weighted by atomic mass is 16.2. The summed E-state index contributed by atoms with van der Waals surface area (Å²) in [5.74, 6) is 1.52. The zero-order valence-corrected chi connectivity index (χ0v) is 13.3. The van der Waals surface area contributed by atoms with E-state index in [1.54, 1.807) is 6.20 Å². The predicted octanol–water partition coefficient (Wildman–Crippen LogP) is 0.819. The summed E-state index contributed by atoms with van der Waals surface area (Å²) in [6.07, 6.45) is 6.10. The first kappa shape index (κ1) is 15.1. The Labute approximate surface area is 130 Å². The Kier molecular flexibility index (Phi) is 4.18. The largest absolute Gasteiger partial charge is 0.353 e. The number of fused-ring (bicyclic) bond motifs is 1. The summed E-state index contributed by atoms with van der Waals surface area (Å²) in [6.45, 7) is 6.03. The topological polar surface area (TPSA) is 67.2 Å². The molecule has 120 valence electrons. The van der Waals surface area contributed by atoms with Gasteiger partial charge in [0.1, 0.15) is 11.9 Å². The highest BCUT2D eigenvalue weighted by Gasteiger charge is 2.37. The molecule has 2 aliphatic heterocycles. The number of carbonyl (C=O) groups is 2. The van der Waals surface area contributed by atoms with Crippen LogP contribution in [0, 0.1) is 11.8 Å². The van der Waals surface area contributed by atoms with Crippen molar-refractivity contribution in [3.8, 4) is 0 Å². The van der Waals surface area contributed by atoms with E-state index in [1.807, 2.05) is 11.1 Å². The van der Waals surface area contributed by atoms with E-state index in [-0.39, 0.29) is 23.8 Å². The Hall–Kier alpha value is -1.85. The zero-order chi connectivity index (χ0) is 15.7. The van der Waals surface area contributed by atoms with E-state index in [9.17, 15) is 9.59 Å². The number of imidazole rings is 1. The first-order valence-corrected chi connectivity index (χ1v) is 8.14. The van der Waals surface area contributed by atoms with Crippen molar-refractivity contribution in [1.82, 2.24) is 19.8 Å². The molecule has 0 spiro atoms. The minimum Gasteiger partial charge on any atom is -0.353 e. The Morgan fingerprint density at radius 2 is 2.32 bits per heavy atom. The molecule has 1 fully saturated rings. The number of amides is 2. The summed E-state index contributed by atoms with van der Waals surface area (Å²) in [4.78, 5) is 31.2. The molecule has 3 heterocycles. The second-order valence-electron chi connectivity index (χ2n) is 6.70. The maximum absolute atomic E-state index is 12.9. The van der Waals surface area contributed by atoms with Crippen LogP contribution in [0.5, 0.6) is 0 Å². The van der Waals surface area contributed by atoms with E-state index in [1.165, 1.54) is 0 Å². The second kappa shape index (κ2) is 6.10. The van der Waals surface area contributed by atoms with E-state index in [0.29, 0.717) is 25.6 Å². The first-order valence-electron chi connectivity index (χ1n) is 8.14. The van der Waals surface area contributed by atoms with Crippen LogP contribution in [0.15, 0.2) is 12.4 Å². The van der Waals surface area contributed by atoms with Gasteiger partial charge in [-0.15, -0.1) is 0 Å². The average molecular weight is 304 g/mol. The summed E-state index contributed by atoms with van der Waals surface area (Å²) in [6, 6.07) is -0.314.